The Bertz CT molecular complexity index is 1250. The van der Waals surface area contributed by atoms with Crippen LogP contribution in [-0.2, 0) is 15.4 Å². The van der Waals surface area contributed by atoms with E-state index in [0.717, 1.165) is 28.3 Å². The van der Waals surface area contributed by atoms with E-state index in [1.165, 1.54) is 24.4 Å². The molecule has 0 saturated heterocycles. The Morgan fingerprint density at radius 2 is 1.62 bits per heavy atom. The van der Waals surface area contributed by atoms with E-state index in [1.807, 2.05) is 32.9 Å². The summed E-state index contributed by atoms with van der Waals surface area (Å²) in [6, 6.07) is 12.7. The van der Waals surface area contributed by atoms with E-state index in [0.29, 0.717) is 5.69 Å². The van der Waals surface area contributed by atoms with Gasteiger partial charge in [0, 0.05) is 23.5 Å². The van der Waals surface area contributed by atoms with Gasteiger partial charge in [-0.25, -0.2) is 26.5 Å². The summed E-state index contributed by atoms with van der Waals surface area (Å²) in [5.74, 6) is -2.74. The molecule has 1 amide bonds. The Kier molecular flexibility index (Phi) is 6.32. The first kappa shape index (κ1) is 23.3. The van der Waals surface area contributed by atoms with Gasteiger partial charge in [-0.15, -0.1) is 0 Å². The van der Waals surface area contributed by atoms with Crippen molar-refractivity contribution in [1.82, 2.24) is 4.98 Å². The van der Waals surface area contributed by atoms with Crippen molar-refractivity contribution in [2.45, 2.75) is 26.2 Å². The van der Waals surface area contributed by atoms with E-state index < -0.39 is 27.6 Å². The molecule has 0 aliphatic carbocycles. The molecule has 0 unspecified atom stereocenters. The molecule has 0 bridgehead atoms. The quantitative estimate of drug-likeness (QED) is 0.582. The molecule has 0 aliphatic rings. The van der Waals surface area contributed by atoms with Gasteiger partial charge < -0.3 is 5.32 Å². The molecule has 9 heteroatoms. The lowest BCUT2D eigenvalue weighted by Crippen LogP contribution is -2.26. The zero-order valence-corrected chi connectivity index (χ0v) is 18.9. The summed E-state index contributed by atoms with van der Waals surface area (Å²) in [7, 11) is -3.78. The van der Waals surface area contributed by atoms with Crippen LogP contribution in [0.15, 0.2) is 60.8 Å². The highest BCUT2D eigenvalue weighted by atomic mass is 32.2. The van der Waals surface area contributed by atoms with Crippen molar-refractivity contribution in [3.8, 4) is 0 Å². The molecule has 32 heavy (non-hydrogen) atoms. The Morgan fingerprint density at radius 1 is 0.969 bits per heavy atom. The predicted octanol–water partition coefficient (Wildman–Crippen LogP) is 5.01. The van der Waals surface area contributed by atoms with Crippen molar-refractivity contribution in [1.29, 1.82) is 0 Å². The number of hydrogen-bond acceptors (Lipinski definition) is 4. The number of hydrogen-bond donors (Lipinski definition) is 1. The number of carbonyl (C=O) groups is 1. The lowest BCUT2D eigenvalue weighted by atomic mass is 9.87. The van der Waals surface area contributed by atoms with E-state index in [1.54, 1.807) is 12.1 Å². The maximum Gasteiger partial charge on any atom is 0.255 e. The molecule has 3 rings (SSSR count). The number of pyridine rings is 1. The number of sulfonamides is 1. The average Bonchev–Trinajstić information content (AvgIpc) is 2.70. The maximum absolute atomic E-state index is 13.4. The van der Waals surface area contributed by atoms with Crippen LogP contribution in [0.5, 0.6) is 0 Å². The van der Waals surface area contributed by atoms with Crippen LogP contribution in [0.2, 0.25) is 0 Å². The highest BCUT2D eigenvalue weighted by Crippen LogP contribution is 2.30. The summed E-state index contributed by atoms with van der Waals surface area (Å²) >= 11 is 0. The van der Waals surface area contributed by atoms with Crippen LogP contribution in [0.3, 0.4) is 0 Å². The van der Waals surface area contributed by atoms with Gasteiger partial charge in [0.15, 0.2) is 11.6 Å². The standard InChI is InChI=1S/C23H23F2N3O3S/c1-23(2,3)16-5-8-18(9-6-16)28(32(4,30)31)21-13-15(11-12-26-21)22(29)27-17-7-10-19(24)20(25)14-17/h5-14H,1-4H3,(H,27,29). The third-order valence-corrected chi connectivity index (χ3v) is 5.75. The van der Waals surface area contributed by atoms with E-state index in [-0.39, 0.29) is 22.5 Å². The smallest absolute Gasteiger partial charge is 0.255 e. The third kappa shape index (κ3) is 5.28. The second-order valence-electron chi connectivity index (χ2n) is 8.31. The lowest BCUT2D eigenvalue weighted by molar-refractivity contribution is 0.102. The first-order chi connectivity index (χ1) is 14.9. The van der Waals surface area contributed by atoms with Gasteiger partial charge in [-0.3, -0.25) is 4.79 Å². The molecule has 6 nitrogen and oxygen atoms in total. The minimum Gasteiger partial charge on any atom is -0.322 e. The van der Waals surface area contributed by atoms with Crippen molar-refractivity contribution in [3.63, 3.8) is 0 Å². The van der Waals surface area contributed by atoms with Gasteiger partial charge in [0.25, 0.3) is 5.91 Å². The summed E-state index contributed by atoms with van der Waals surface area (Å²) in [6.07, 6.45) is 2.34. The third-order valence-electron chi connectivity index (χ3n) is 4.69. The number of benzene rings is 2. The zero-order chi connectivity index (χ0) is 23.7. The summed E-state index contributed by atoms with van der Waals surface area (Å²) in [6.45, 7) is 6.15. The van der Waals surface area contributed by atoms with Crippen LogP contribution in [0.1, 0.15) is 36.7 Å². The molecule has 3 aromatic rings. The Balaban J connectivity index is 1.95. The van der Waals surface area contributed by atoms with Crippen molar-refractivity contribution in [2.24, 2.45) is 0 Å². The number of amides is 1. The van der Waals surface area contributed by atoms with Gasteiger partial charge in [-0.1, -0.05) is 32.9 Å². The van der Waals surface area contributed by atoms with Gasteiger partial charge in [-0.2, -0.15) is 0 Å². The molecule has 0 fully saturated rings. The number of anilines is 3. The average molecular weight is 460 g/mol. The van der Waals surface area contributed by atoms with E-state index in [9.17, 15) is 22.0 Å². The summed E-state index contributed by atoms with van der Waals surface area (Å²) in [5.41, 5.74) is 1.45. The molecule has 1 N–H and O–H groups in total. The largest absolute Gasteiger partial charge is 0.322 e. The molecule has 0 aliphatic heterocycles. The van der Waals surface area contributed by atoms with Gasteiger partial charge in [0.1, 0.15) is 5.82 Å². The molecule has 0 radical (unpaired) electrons. The van der Waals surface area contributed by atoms with Gasteiger partial charge in [0.2, 0.25) is 10.0 Å². The molecule has 0 saturated carbocycles. The molecule has 0 spiro atoms. The second kappa shape index (κ2) is 8.66. The Labute approximate surface area is 186 Å². The zero-order valence-electron chi connectivity index (χ0n) is 18.1. The summed E-state index contributed by atoms with van der Waals surface area (Å²) in [5, 5.41) is 2.45. The molecule has 1 heterocycles. The van der Waals surface area contributed by atoms with E-state index in [4.69, 9.17) is 0 Å². The predicted molar refractivity (Wildman–Crippen MR) is 121 cm³/mol. The number of carbonyl (C=O) groups excluding carboxylic acids is 1. The number of halogens is 2. The monoisotopic (exact) mass is 459 g/mol. The van der Waals surface area contributed by atoms with Crippen LogP contribution < -0.4 is 9.62 Å². The Morgan fingerprint density at radius 3 is 2.19 bits per heavy atom. The minimum atomic E-state index is -3.78. The molecule has 168 valence electrons. The highest BCUT2D eigenvalue weighted by Gasteiger charge is 2.23. The summed E-state index contributed by atoms with van der Waals surface area (Å²) in [4.78, 5) is 16.7. The normalized spacial score (nSPS) is 11.8. The lowest BCUT2D eigenvalue weighted by Gasteiger charge is -2.24. The van der Waals surface area contributed by atoms with Crippen molar-refractivity contribution < 1.29 is 22.0 Å². The summed E-state index contributed by atoms with van der Waals surface area (Å²) < 4.78 is 52.7. The molecule has 1 aromatic heterocycles. The Hall–Kier alpha value is -3.33. The molecular formula is C23H23F2N3O3S. The number of rotatable bonds is 5. The highest BCUT2D eigenvalue weighted by molar-refractivity contribution is 7.92. The fourth-order valence-electron chi connectivity index (χ4n) is 3.04. The first-order valence-corrected chi connectivity index (χ1v) is 11.5. The minimum absolute atomic E-state index is 0.0222. The molecule has 2 aromatic carbocycles. The van der Waals surface area contributed by atoms with Crippen molar-refractivity contribution in [3.05, 3.63) is 83.6 Å². The van der Waals surface area contributed by atoms with E-state index in [2.05, 4.69) is 10.3 Å². The maximum atomic E-state index is 13.4. The van der Waals surface area contributed by atoms with Gasteiger partial charge >= 0.3 is 0 Å². The molecule has 0 atom stereocenters. The van der Waals surface area contributed by atoms with E-state index >= 15 is 0 Å². The molecular weight excluding hydrogens is 436 g/mol. The second-order valence-corrected chi connectivity index (χ2v) is 10.1. The number of aromatic nitrogens is 1. The first-order valence-electron chi connectivity index (χ1n) is 9.69. The topological polar surface area (TPSA) is 79.4 Å². The number of nitrogens with zero attached hydrogens (tertiary/aromatic N) is 2. The van der Waals surface area contributed by atoms with Crippen LogP contribution in [0.25, 0.3) is 0 Å². The van der Waals surface area contributed by atoms with Crippen LogP contribution in [-0.4, -0.2) is 25.6 Å². The fourth-order valence-corrected chi connectivity index (χ4v) is 3.98. The SMILES string of the molecule is CC(C)(C)c1ccc(N(c2cc(C(=O)Nc3ccc(F)c(F)c3)ccn2)S(C)(=O)=O)cc1. The van der Waals surface area contributed by atoms with Crippen LogP contribution in [0, 0.1) is 11.6 Å². The van der Waals surface area contributed by atoms with Crippen LogP contribution in [0.4, 0.5) is 26.0 Å². The fraction of sp³-hybridized carbons (Fsp3) is 0.217. The van der Waals surface area contributed by atoms with Crippen molar-refractivity contribution in [2.75, 3.05) is 15.9 Å². The number of nitrogens with one attached hydrogen (secondary N) is 1. The van der Waals surface area contributed by atoms with Gasteiger partial charge in [-0.05, 0) is 47.4 Å². The van der Waals surface area contributed by atoms with Crippen molar-refractivity contribution >= 4 is 33.1 Å². The van der Waals surface area contributed by atoms with Gasteiger partial charge in [0.05, 0.1) is 11.9 Å². The van der Waals surface area contributed by atoms with Crippen LogP contribution >= 0.6 is 0 Å².